The first-order valence-electron chi connectivity index (χ1n) is 2.67. The van der Waals surface area contributed by atoms with Crippen LogP contribution in [0.4, 0.5) is 0 Å². The van der Waals surface area contributed by atoms with Gasteiger partial charge < -0.3 is 14.9 Å². The molecule has 1 heterocycles. The lowest BCUT2D eigenvalue weighted by atomic mass is 10.2. The molecular formula is C5H9O3. The van der Waals surface area contributed by atoms with Gasteiger partial charge in [0.25, 0.3) is 0 Å². The summed E-state index contributed by atoms with van der Waals surface area (Å²) in [7, 11) is 0. The predicted octanol–water partition coefficient (Wildman–Crippen LogP) is 0.400. The van der Waals surface area contributed by atoms with Gasteiger partial charge in [-0.25, -0.2) is 0 Å². The number of ether oxygens (including phenoxy) is 1. The highest BCUT2D eigenvalue weighted by Crippen LogP contribution is 2.17. The third kappa shape index (κ3) is 1.18. The molecule has 1 rings (SSSR count). The van der Waals surface area contributed by atoms with Gasteiger partial charge in [-0.2, -0.15) is 0 Å². The fourth-order valence-corrected chi connectivity index (χ4v) is 0.781. The highest BCUT2D eigenvalue weighted by Gasteiger charge is 2.22. The van der Waals surface area contributed by atoms with Gasteiger partial charge in [0.1, 0.15) is 6.10 Å². The quantitative estimate of drug-likeness (QED) is 0.522. The van der Waals surface area contributed by atoms with Crippen LogP contribution in [-0.4, -0.2) is 22.9 Å². The van der Waals surface area contributed by atoms with Crippen molar-refractivity contribution in [2.45, 2.75) is 18.9 Å². The summed E-state index contributed by atoms with van der Waals surface area (Å²) in [4.78, 5) is 0. The van der Waals surface area contributed by atoms with Crippen LogP contribution in [0.15, 0.2) is 0 Å². The monoisotopic (exact) mass is 117 g/mol. The molecule has 0 amide bonds. The molecule has 3 heteroatoms. The van der Waals surface area contributed by atoms with Crippen molar-refractivity contribution in [1.29, 1.82) is 0 Å². The summed E-state index contributed by atoms with van der Waals surface area (Å²) >= 11 is 0. The fourth-order valence-electron chi connectivity index (χ4n) is 0.781. The molecular weight excluding hydrogens is 108 g/mol. The van der Waals surface area contributed by atoms with Crippen LogP contribution in [0.25, 0.3) is 0 Å². The van der Waals surface area contributed by atoms with E-state index in [1.54, 1.807) is 0 Å². The van der Waals surface area contributed by atoms with E-state index in [0.717, 1.165) is 12.8 Å². The molecule has 1 fully saturated rings. The first-order chi connectivity index (χ1) is 3.80. The fraction of sp³-hybridized carbons (Fsp3) is 0.800. The number of aliphatic hydroxyl groups excluding tert-OH is 1. The summed E-state index contributed by atoms with van der Waals surface area (Å²) in [5.74, 6) is 0. The smallest absolute Gasteiger partial charge is 0.248 e. The van der Waals surface area contributed by atoms with Gasteiger partial charge in [0.05, 0.1) is 0 Å². The van der Waals surface area contributed by atoms with Crippen molar-refractivity contribution in [3.05, 3.63) is 6.29 Å². The van der Waals surface area contributed by atoms with E-state index < -0.39 is 12.4 Å². The van der Waals surface area contributed by atoms with Crippen LogP contribution >= 0.6 is 0 Å². The first kappa shape index (κ1) is 6.01. The van der Waals surface area contributed by atoms with Gasteiger partial charge in [-0.1, -0.05) is 0 Å². The standard InChI is InChI=1S/C5H9O3/c6-5(7)4-2-1-3-8-4/h4,6-7H,1-3H2. The zero-order valence-electron chi connectivity index (χ0n) is 4.50. The van der Waals surface area contributed by atoms with E-state index in [-0.39, 0.29) is 0 Å². The lowest BCUT2D eigenvalue weighted by molar-refractivity contribution is -0.0340. The molecule has 1 aliphatic rings. The number of aliphatic hydroxyl groups is 2. The molecule has 1 unspecified atom stereocenters. The van der Waals surface area contributed by atoms with Crippen molar-refractivity contribution in [2.75, 3.05) is 6.61 Å². The van der Waals surface area contributed by atoms with Gasteiger partial charge in [-0.05, 0) is 12.8 Å². The summed E-state index contributed by atoms with van der Waals surface area (Å²) in [6.45, 7) is 0.648. The van der Waals surface area contributed by atoms with Crippen molar-refractivity contribution in [1.82, 2.24) is 0 Å². The second kappa shape index (κ2) is 2.44. The Hall–Kier alpha value is -0.120. The van der Waals surface area contributed by atoms with Crippen molar-refractivity contribution in [3.63, 3.8) is 0 Å². The highest BCUT2D eigenvalue weighted by atomic mass is 16.6. The maximum atomic E-state index is 8.40. The molecule has 3 nitrogen and oxygen atoms in total. The van der Waals surface area contributed by atoms with Crippen LogP contribution in [0.1, 0.15) is 12.8 Å². The number of hydrogen-bond donors (Lipinski definition) is 2. The van der Waals surface area contributed by atoms with Gasteiger partial charge in [0, 0.05) is 6.61 Å². The van der Waals surface area contributed by atoms with Gasteiger partial charge in [0.2, 0.25) is 6.29 Å². The van der Waals surface area contributed by atoms with Gasteiger partial charge >= 0.3 is 0 Å². The Bertz CT molecular complexity index is 66.1. The summed E-state index contributed by atoms with van der Waals surface area (Å²) in [5.41, 5.74) is 0. The molecule has 1 aliphatic heterocycles. The molecule has 0 spiro atoms. The van der Waals surface area contributed by atoms with E-state index in [9.17, 15) is 0 Å². The Labute approximate surface area is 47.9 Å². The van der Waals surface area contributed by atoms with Crippen LogP contribution in [0, 0.1) is 6.29 Å². The van der Waals surface area contributed by atoms with Crippen LogP contribution in [0.3, 0.4) is 0 Å². The average molecular weight is 117 g/mol. The minimum Gasteiger partial charge on any atom is -0.372 e. The van der Waals surface area contributed by atoms with Crippen LogP contribution in [0.2, 0.25) is 0 Å². The molecule has 0 saturated carbocycles. The summed E-state index contributed by atoms with van der Waals surface area (Å²) in [6.07, 6.45) is 0.676. The van der Waals surface area contributed by atoms with Crippen molar-refractivity contribution in [3.8, 4) is 0 Å². The molecule has 0 aromatic heterocycles. The van der Waals surface area contributed by atoms with Crippen molar-refractivity contribution >= 4 is 0 Å². The van der Waals surface area contributed by atoms with E-state index in [1.165, 1.54) is 0 Å². The Morgan fingerprint density at radius 1 is 1.50 bits per heavy atom. The maximum Gasteiger partial charge on any atom is 0.248 e. The molecule has 0 aromatic carbocycles. The molecule has 0 aliphatic carbocycles. The minimum atomic E-state index is -0.581. The third-order valence-electron chi connectivity index (χ3n) is 1.22. The van der Waals surface area contributed by atoms with Gasteiger partial charge in [0.15, 0.2) is 0 Å². The second-order valence-corrected chi connectivity index (χ2v) is 1.86. The average Bonchev–Trinajstić information content (AvgIpc) is 2.12. The minimum absolute atomic E-state index is 0.407. The molecule has 47 valence electrons. The topological polar surface area (TPSA) is 49.7 Å². The van der Waals surface area contributed by atoms with E-state index in [4.69, 9.17) is 14.9 Å². The van der Waals surface area contributed by atoms with E-state index in [2.05, 4.69) is 0 Å². The number of hydrogen-bond acceptors (Lipinski definition) is 3. The van der Waals surface area contributed by atoms with Gasteiger partial charge in [-0.3, -0.25) is 0 Å². The Balaban J connectivity index is 2.24. The molecule has 0 aromatic rings. The lowest BCUT2D eigenvalue weighted by Gasteiger charge is -2.07. The Morgan fingerprint density at radius 2 is 2.25 bits per heavy atom. The van der Waals surface area contributed by atoms with E-state index >= 15 is 0 Å². The third-order valence-corrected chi connectivity index (χ3v) is 1.22. The predicted molar refractivity (Wildman–Crippen MR) is 26.1 cm³/mol. The Kier molecular flexibility index (Phi) is 1.83. The molecule has 8 heavy (non-hydrogen) atoms. The maximum absolute atomic E-state index is 8.40. The SMILES string of the molecule is O[C](O)C1CCCO1. The molecule has 0 bridgehead atoms. The van der Waals surface area contributed by atoms with Crippen molar-refractivity contribution in [2.24, 2.45) is 0 Å². The zero-order valence-corrected chi connectivity index (χ0v) is 4.50. The van der Waals surface area contributed by atoms with E-state index in [1.807, 2.05) is 0 Å². The lowest BCUT2D eigenvalue weighted by Crippen LogP contribution is -2.15. The summed E-state index contributed by atoms with van der Waals surface area (Å²) in [5, 5.41) is 16.8. The first-order valence-corrected chi connectivity index (χ1v) is 2.67. The van der Waals surface area contributed by atoms with Crippen LogP contribution < -0.4 is 0 Å². The van der Waals surface area contributed by atoms with Crippen LogP contribution in [-0.2, 0) is 4.74 Å². The normalized spacial score (nSPS) is 29.6. The summed E-state index contributed by atoms with van der Waals surface area (Å²) < 4.78 is 4.88. The molecule has 2 N–H and O–H groups in total. The molecule has 1 radical (unpaired) electrons. The Morgan fingerprint density at radius 3 is 2.50 bits per heavy atom. The largest absolute Gasteiger partial charge is 0.372 e. The molecule has 1 saturated heterocycles. The van der Waals surface area contributed by atoms with Crippen LogP contribution in [0.5, 0.6) is 0 Å². The molecule has 1 atom stereocenters. The van der Waals surface area contributed by atoms with Crippen molar-refractivity contribution < 1.29 is 14.9 Å². The second-order valence-electron chi connectivity index (χ2n) is 1.86. The summed E-state index contributed by atoms with van der Waals surface area (Å²) in [6, 6.07) is 0. The number of rotatable bonds is 1. The van der Waals surface area contributed by atoms with Gasteiger partial charge in [-0.15, -0.1) is 0 Å². The zero-order chi connectivity index (χ0) is 5.98. The highest BCUT2D eigenvalue weighted by molar-refractivity contribution is 4.77. The van der Waals surface area contributed by atoms with E-state index in [0.29, 0.717) is 6.61 Å².